The molecule has 1 aromatic heterocycles. The van der Waals surface area contributed by atoms with E-state index in [0.717, 1.165) is 30.4 Å². The van der Waals surface area contributed by atoms with Gasteiger partial charge in [-0.25, -0.2) is 0 Å². The fourth-order valence-corrected chi connectivity index (χ4v) is 2.50. The summed E-state index contributed by atoms with van der Waals surface area (Å²) in [6, 6.07) is 5.77. The van der Waals surface area contributed by atoms with Crippen LogP contribution >= 0.6 is 0 Å². The van der Waals surface area contributed by atoms with E-state index in [9.17, 15) is 4.79 Å². The molecule has 4 heteroatoms. The minimum absolute atomic E-state index is 0.294. The molecule has 0 spiro atoms. The molecule has 0 aliphatic heterocycles. The van der Waals surface area contributed by atoms with Crippen molar-refractivity contribution in [2.24, 2.45) is 7.05 Å². The Morgan fingerprint density at radius 3 is 2.90 bits per heavy atom. The summed E-state index contributed by atoms with van der Waals surface area (Å²) in [5.41, 5.74) is 2.41. The topological polar surface area (TPSA) is 34.5 Å². The Kier molecular flexibility index (Phi) is 4.81. The predicted molar refractivity (Wildman–Crippen MR) is 85.6 cm³/mol. The fraction of sp³-hybridized carbons (Fsp3) is 0.353. The second-order valence-corrected chi connectivity index (χ2v) is 5.34. The van der Waals surface area contributed by atoms with Crippen LogP contribution in [0.3, 0.4) is 0 Å². The standard InChI is InChI=1S/C17H22N2O2/c1-5-9-18(3)10-8-14-12-19(4)17-7-6-15(11-16(14)17)21-13(2)20/h5-7,11-12H,1,8-10H2,2-4H3. The molecule has 0 amide bonds. The molecule has 0 bridgehead atoms. The van der Waals surface area contributed by atoms with Crippen LogP contribution in [0, 0.1) is 0 Å². The van der Waals surface area contributed by atoms with Crippen molar-refractivity contribution in [2.75, 3.05) is 20.1 Å². The van der Waals surface area contributed by atoms with Crippen molar-refractivity contribution in [3.05, 3.63) is 42.6 Å². The van der Waals surface area contributed by atoms with E-state index >= 15 is 0 Å². The lowest BCUT2D eigenvalue weighted by molar-refractivity contribution is -0.131. The van der Waals surface area contributed by atoms with Gasteiger partial charge in [0.15, 0.2) is 0 Å². The van der Waals surface area contributed by atoms with Crippen molar-refractivity contribution in [1.29, 1.82) is 0 Å². The van der Waals surface area contributed by atoms with Gasteiger partial charge in [-0.3, -0.25) is 4.79 Å². The van der Waals surface area contributed by atoms with E-state index in [0.29, 0.717) is 5.75 Å². The molecular weight excluding hydrogens is 264 g/mol. The van der Waals surface area contributed by atoms with Crippen molar-refractivity contribution in [3.8, 4) is 5.75 Å². The number of aryl methyl sites for hydroxylation is 1. The molecular formula is C17H22N2O2. The van der Waals surface area contributed by atoms with E-state index in [1.165, 1.54) is 12.5 Å². The summed E-state index contributed by atoms with van der Waals surface area (Å²) in [6.45, 7) is 7.01. The maximum Gasteiger partial charge on any atom is 0.308 e. The Bertz CT molecular complexity index is 658. The average Bonchev–Trinajstić information content (AvgIpc) is 2.72. The summed E-state index contributed by atoms with van der Waals surface area (Å²) in [5, 5.41) is 1.14. The molecule has 1 heterocycles. The van der Waals surface area contributed by atoms with Crippen LogP contribution in [0.15, 0.2) is 37.1 Å². The molecule has 0 unspecified atom stereocenters. The van der Waals surface area contributed by atoms with E-state index in [1.807, 2.05) is 31.3 Å². The number of rotatable bonds is 6. The van der Waals surface area contributed by atoms with Crippen LogP contribution in [-0.2, 0) is 18.3 Å². The Morgan fingerprint density at radius 2 is 2.24 bits per heavy atom. The second-order valence-electron chi connectivity index (χ2n) is 5.34. The van der Waals surface area contributed by atoms with Crippen LogP contribution in [0.5, 0.6) is 5.75 Å². The van der Waals surface area contributed by atoms with Crippen molar-refractivity contribution in [2.45, 2.75) is 13.3 Å². The number of ether oxygens (including phenoxy) is 1. The van der Waals surface area contributed by atoms with Gasteiger partial charge in [0.1, 0.15) is 5.75 Å². The molecule has 0 saturated heterocycles. The minimum atomic E-state index is -0.294. The molecule has 0 aliphatic carbocycles. The van der Waals surface area contributed by atoms with Gasteiger partial charge in [-0.1, -0.05) is 6.08 Å². The van der Waals surface area contributed by atoms with Crippen molar-refractivity contribution < 1.29 is 9.53 Å². The number of nitrogens with zero attached hydrogens (tertiary/aromatic N) is 2. The smallest absolute Gasteiger partial charge is 0.308 e. The highest BCUT2D eigenvalue weighted by molar-refractivity contribution is 5.86. The van der Waals surface area contributed by atoms with E-state index < -0.39 is 0 Å². The molecule has 2 rings (SSSR count). The number of hydrogen-bond acceptors (Lipinski definition) is 3. The van der Waals surface area contributed by atoms with E-state index in [1.54, 1.807) is 0 Å². The zero-order valence-corrected chi connectivity index (χ0v) is 12.9. The Morgan fingerprint density at radius 1 is 1.48 bits per heavy atom. The first-order chi connectivity index (χ1) is 10.0. The van der Waals surface area contributed by atoms with Crippen LogP contribution in [-0.4, -0.2) is 35.6 Å². The number of hydrogen-bond donors (Lipinski definition) is 0. The second kappa shape index (κ2) is 6.59. The molecule has 4 nitrogen and oxygen atoms in total. The summed E-state index contributed by atoms with van der Waals surface area (Å²) >= 11 is 0. The third kappa shape index (κ3) is 3.73. The predicted octanol–water partition coefficient (Wildman–Crippen LogP) is 2.76. The highest BCUT2D eigenvalue weighted by Crippen LogP contribution is 2.26. The van der Waals surface area contributed by atoms with E-state index in [-0.39, 0.29) is 5.97 Å². The third-order valence-corrected chi connectivity index (χ3v) is 3.51. The zero-order chi connectivity index (χ0) is 15.4. The SMILES string of the molecule is C=CCN(C)CCc1cn(C)c2ccc(OC(C)=O)cc12. The molecule has 0 aliphatic rings. The van der Waals surface area contributed by atoms with Crippen LogP contribution in [0.4, 0.5) is 0 Å². The van der Waals surface area contributed by atoms with E-state index in [4.69, 9.17) is 4.74 Å². The van der Waals surface area contributed by atoms with Gasteiger partial charge in [-0.2, -0.15) is 0 Å². The summed E-state index contributed by atoms with van der Waals surface area (Å²) in [6.07, 6.45) is 5.00. The highest BCUT2D eigenvalue weighted by Gasteiger charge is 2.09. The first-order valence-corrected chi connectivity index (χ1v) is 7.07. The minimum Gasteiger partial charge on any atom is -0.427 e. The van der Waals surface area contributed by atoms with Crippen LogP contribution in [0.2, 0.25) is 0 Å². The zero-order valence-electron chi connectivity index (χ0n) is 12.9. The molecule has 0 saturated carbocycles. The number of likely N-dealkylation sites (N-methyl/N-ethyl adjacent to an activating group) is 1. The Labute approximate surface area is 125 Å². The molecule has 112 valence electrons. The molecule has 0 atom stereocenters. The number of esters is 1. The van der Waals surface area contributed by atoms with Crippen LogP contribution < -0.4 is 4.74 Å². The molecule has 21 heavy (non-hydrogen) atoms. The summed E-state index contributed by atoms with van der Waals surface area (Å²) in [7, 11) is 4.11. The molecule has 0 fully saturated rings. The van der Waals surface area contributed by atoms with Gasteiger partial charge in [0.05, 0.1) is 0 Å². The first-order valence-electron chi connectivity index (χ1n) is 7.07. The number of fused-ring (bicyclic) bond motifs is 1. The van der Waals surface area contributed by atoms with Gasteiger partial charge < -0.3 is 14.2 Å². The molecule has 1 aromatic carbocycles. The van der Waals surface area contributed by atoms with Gasteiger partial charge in [0.25, 0.3) is 0 Å². The van der Waals surface area contributed by atoms with E-state index in [2.05, 4.69) is 29.3 Å². The Balaban J connectivity index is 2.25. The normalized spacial score (nSPS) is 11.0. The van der Waals surface area contributed by atoms with Crippen molar-refractivity contribution in [1.82, 2.24) is 9.47 Å². The van der Waals surface area contributed by atoms with Gasteiger partial charge in [-0.15, -0.1) is 6.58 Å². The highest BCUT2D eigenvalue weighted by atomic mass is 16.5. The number of benzene rings is 1. The van der Waals surface area contributed by atoms with Gasteiger partial charge in [-0.05, 0) is 37.2 Å². The number of aromatic nitrogens is 1. The lowest BCUT2D eigenvalue weighted by Gasteiger charge is -2.13. The average molecular weight is 286 g/mol. The van der Waals surface area contributed by atoms with Gasteiger partial charge in [0, 0.05) is 44.2 Å². The third-order valence-electron chi connectivity index (χ3n) is 3.51. The monoisotopic (exact) mass is 286 g/mol. The maximum absolute atomic E-state index is 11.1. The number of carbonyl (C=O) groups excluding carboxylic acids is 1. The summed E-state index contributed by atoms with van der Waals surface area (Å²) < 4.78 is 7.29. The fourth-order valence-electron chi connectivity index (χ4n) is 2.50. The summed E-state index contributed by atoms with van der Waals surface area (Å²) in [5.74, 6) is 0.305. The van der Waals surface area contributed by atoms with Gasteiger partial charge >= 0.3 is 5.97 Å². The van der Waals surface area contributed by atoms with Crippen molar-refractivity contribution >= 4 is 16.9 Å². The lowest BCUT2D eigenvalue weighted by atomic mass is 10.1. The lowest BCUT2D eigenvalue weighted by Crippen LogP contribution is -2.20. The molecule has 0 radical (unpaired) electrons. The summed E-state index contributed by atoms with van der Waals surface area (Å²) in [4.78, 5) is 13.3. The Hall–Kier alpha value is -2.07. The van der Waals surface area contributed by atoms with Crippen LogP contribution in [0.1, 0.15) is 12.5 Å². The molecule has 0 N–H and O–H groups in total. The number of carbonyl (C=O) groups is 1. The van der Waals surface area contributed by atoms with Gasteiger partial charge in [0.2, 0.25) is 0 Å². The van der Waals surface area contributed by atoms with Crippen molar-refractivity contribution in [3.63, 3.8) is 0 Å². The molecule has 2 aromatic rings. The maximum atomic E-state index is 11.1. The van der Waals surface area contributed by atoms with Crippen LogP contribution in [0.25, 0.3) is 10.9 Å². The largest absolute Gasteiger partial charge is 0.427 e. The quantitative estimate of drug-likeness (QED) is 0.465. The first kappa shape index (κ1) is 15.3.